The van der Waals surface area contributed by atoms with Crippen LogP contribution in [0.1, 0.15) is 16.9 Å². The molecule has 0 radical (unpaired) electrons. The maximum absolute atomic E-state index is 12.9. The molecule has 0 aromatic carbocycles. The van der Waals surface area contributed by atoms with Gasteiger partial charge < -0.3 is 10.0 Å². The Morgan fingerprint density at radius 2 is 2.19 bits per heavy atom. The average Bonchev–Trinajstić information content (AvgIpc) is 3.30. The molecule has 2 fully saturated rings. The van der Waals surface area contributed by atoms with Crippen molar-refractivity contribution < 1.29 is 19.5 Å². The average molecular weight is 425 g/mol. The fourth-order valence-corrected chi connectivity index (χ4v) is 6.74. The first-order valence-electron chi connectivity index (χ1n) is 8.14. The number of nitrogens with zero attached hydrogens (tertiary/aromatic N) is 4. The number of carboxylic acids is 1. The Morgan fingerprint density at radius 3 is 2.74 bits per heavy atom. The van der Waals surface area contributed by atoms with E-state index in [0.717, 1.165) is 5.00 Å². The van der Waals surface area contributed by atoms with Crippen molar-refractivity contribution in [3.8, 4) is 0 Å². The van der Waals surface area contributed by atoms with Crippen LogP contribution in [0.15, 0.2) is 17.5 Å². The van der Waals surface area contributed by atoms with Gasteiger partial charge in [0.2, 0.25) is 11.8 Å². The summed E-state index contributed by atoms with van der Waals surface area (Å²) in [4.78, 5) is 40.3. The van der Waals surface area contributed by atoms with Crippen molar-refractivity contribution in [3.05, 3.63) is 27.5 Å². The predicted molar refractivity (Wildman–Crippen MR) is 103 cm³/mol. The number of aryl methyl sites for hydroxylation is 1. The van der Waals surface area contributed by atoms with Crippen molar-refractivity contribution in [2.24, 2.45) is 0 Å². The summed E-state index contributed by atoms with van der Waals surface area (Å²) < 4.78 is 0. The summed E-state index contributed by atoms with van der Waals surface area (Å²) in [6, 6.07) is 3.04. The molecule has 0 spiro atoms. The van der Waals surface area contributed by atoms with Gasteiger partial charge in [0.15, 0.2) is 0 Å². The van der Waals surface area contributed by atoms with Gasteiger partial charge in [-0.05, 0) is 24.4 Å². The number of hydrogen-bond donors (Lipinski definition) is 1. The molecule has 4 heterocycles. The molecule has 2 aromatic rings. The third kappa shape index (κ3) is 2.75. The van der Waals surface area contributed by atoms with Crippen LogP contribution in [0.2, 0.25) is 0 Å². The highest BCUT2D eigenvalue weighted by molar-refractivity contribution is 8.00. The van der Waals surface area contributed by atoms with Crippen LogP contribution in [-0.4, -0.2) is 61.7 Å². The van der Waals surface area contributed by atoms with E-state index in [4.69, 9.17) is 0 Å². The van der Waals surface area contributed by atoms with Crippen molar-refractivity contribution in [1.82, 2.24) is 15.1 Å². The standard InChI is InChI=1S/C16H16N4O4S3/c1-8-17-18-14(27-8)16(15(23)24)6-19-12(22)11(13(19)26-7-16)20(9(2)21)10-4-3-5-25-10/h3-5,11,13H,6-7H2,1-2H3,(H,23,24)/t11?,13-,16?/m1/s1. The quantitative estimate of drug-likeness (QED) is 0.743. The minimum atomic E-state index is -1.27. The lowest BCUT2D eigenvalue weighted by molar-refractivity contribution is -0.153. The van der Waals surface area contributed by atoms with Gasteiger partial charge in [-0.3, -0.25) is 19.3 Å². The molecule has 1 N–H and O–H groups in total. The minimum absolute atomic E-state index is 0.0418. The SMILES string of the molecule is CC(=O)N(c1cccs1)C1C(=O)N2CC(C(=O)O)(c3nnc(C)s3)CS[C@H]12. The Labute approximate surface area is 167 Å². The first-order valence-corrected chi connectivity index (χ1v) is 10.9. The normalized spacial score (nSPS) is 27.0. The van der Waals surface area contributed by atoms with Gasteiger partial charge in [0.1, 0.15) is 26.8 Å². The first-order chi connectivity index (χ1) is 12.8. The molecule has 8 nitrogen and oxygen atoms in total. The van der Waals surface area contributed by atoms with Crippen molar-refractivity contribution in [1.29, 1.82) is 0 Å². The second-order valence-corrected chi connectivity index (χ2v) is 9.68. The molecule has 3 atom stereocenters. The predicted octanol–water partition coefficient (Wildman–Crippen LogP) is 1.57. The molecule has 11 heteroatoms. The Balaban J connectivity index is 1.62. The zero-order chi connectivity index (χ0) is 19.3. The molecule has 2 amide bonds. The van der Waals surface area contributed by atoms with Crippen LogP contribution in [0, 0.1) is 6.92 Å². The molecule has 27 heavy (non-hydrogen) atoms. The third-order valence-corrected chi connectivity index (χ3v) is 8.18. The van der Waals surface area contributed by atoms with Crippen LogP contribution < -0.4 is 4.90 Å². The molecule has 142 valence electrons. The van der Waals surface area contributed by atoms with Crippen LogP contribution in [0.3, 0.4) is 0 Å². The number of aromatic nitrogens is 2. The lowest BCUT2D eigenvalue weighted by Gasteiger charge is -2.55. The summed E-state index contributed by atoms with van der Waals surface area (Å²) in [6.07, 6.45) is 0. The van der Waals surface area contributed by atoms with Gasteiger partial charge in [0.05, 0.1) is 5.00 Å². The van der Waals surface area contributed by atoms with E-state index >= 15 is 0 Å². The highest BCUT2D eigenvalue weighted by Gasteiger charge is 2.61. The summed E-state index contributed by atoms with van der Waals surface area (Å²) in [5.41, 5.74) is -1.27. The Hall–Kier alpha value is -1.98. The summed E-state index contributed by atoms with van der Waals surface area (Å²) in [5.74, 6) is -1.17. The summed E-state index contributed by atoms with van der Waals surface area (Å²) >= 11 is 4.02. The molecule has 2 aliphatic heterocycles. The van der Waals surface area contributed by atoms with Gasteiger partial charge in [-0.15, -0.1) is 44.6 Å². The lowest BCUT2D eigenvalue weighted by atomic mass is 9.87. The van der Waals surface area contributed by atoms with Crippen LogP contribution in [0.4, 0.5) is 5.00 Å². The summed E-state index contributed by atoms with van der Waals surface area (Å²) in [6.45, 7) is 3.25. The van der Waals surface area contributed by atoms with Crippen molar-refractivity contribution >= 4 is 57.2 Å². The monoisotopic (exact) mass is 424 g/mol. The van der Waals surface area contributed by atoms with Gasteiger partial charge in [0.25, 0.3) is 0 Å². The maximum atomic E-state index is 12.9. The number of aliphatic carboxylic acids is 1. The van der Waals surface area contributed by atoms with Gasteiger partial charge >= 0.3 is 5.97 Å². The number of fused-ring (bicyclic) bond motifs is 1. The number of carbonyl (C=O) groups excluding carboxylic acids is 2. The van der Waals surface area contributed by atoms with Crippen LogP contribution >= 0.6 is 34.4 Å². The molecule has 0 aliphatic carbocycles. The Morgan fingerprint density at radius 1 is 1.41 bits per heavy atom. The largest absolute Gasteiger partial charge is 0.480 e. The highest BCUT2D eigenvalue weighted by Crippen LogP contribution is 2.46. The molecule has 2 unspecified atom stereocenters. The van der Waals surface area contributed by atoms with Crippen LogP contribution in [-0.2, 0) is 19.8 Å². The molecule has 2 aromatic heterocycles. The van der Waals surface area contributed by atoms with E-state index in [1.165, 1.54) is 46.3 Å². The minimum Gasteiger partial charge on any atom is -0.480 e. The fourth-order valence-electron chi connectivity index (χ4n) is 3.39. The molecule has 2 saturated heterocycles. The number of anilines is 1. The number of hydrogen-bond acceptors (Lipinski definition) is 8. The van der Waals surface area contributed by atoms with Crippen LogP contribution in [0.5, 0.6) is 0 Å². The van der Waals surface area contributed by atoms with E-state index in [0.29, 0.717) is 10.0 Å². The van der Waals surface area contributed by atoms with E-state index < -0.39 is 17.4 Å². The number of β-lactam (4-membered cyclic amide) rings is 1. The van der Waals surface area contributed by atoms with E-state index in [1.54, 1.807) is 17.9 Å². The second-order valence-electron chi connectivity index (χ2n) is 6.47. The Bertz CT molecular complexity index is 915. The van der Waals surface area contributed by atoms with Gasteiger partial charge in [-0.1, -0.05) is 0 Å². The highest BCUT2D eigenvalue weighted by atomic mass is 32.2. The molecular weight excluding hydrogens is 408 g/mol. The number of carboxylic acid groups (broad SMARTS) is 1. The van der Waals surface area contributed by atoms with E-state index in [2.05, 4.69) is 10.2 Å². The number of thiophene rings is 1. The van der Waals surface area contributed by atoms with Crippen molar-refractivity contribution in [3.63, 3.8) is 0 Å². The summed E-state index contributed by atoms with van der Waals surface area (Å²) in [7, 11) is 0. The van der Waals surface area contributed by atoms with E-state index in [1.807, 2.05) is 11.4 Å². The first kappa shape index (κ1) is 18.4. The number of rotatable bonds is 4. The molecular formula is C16H16N4O4S3. The number of amides is 2. The van der Waals surface area contributed by atoms with E-state index in [9.17, 15) is 19.5 Å². The Kier molecular flexibility index (Phi) is 4.47. The fraction of sp³-hybridized carbons (Fsp3) is 0.438. The number of carbonyl (C=O) groups is 3. The zero-order valence-electron chi connectivity index (χ0n) is 14.5. The molecule has 2 aliphatic rings. The topological polar surface area (TPSA) is 104 Å². The molecule has 0 saturated carbocycles. The molecule has 4 rings (SSSR count). The van der Waals surface area contributed by atoms with E-state index in [-0.39, 0.29) is 29.5 Å². The van der Waals surface area contributed by atoms with Gasteiger partial charge in [0, 0.05) is 19.2 Å². The third-order valence-electron chi connectivity index (χ3n) is 4.76. The maximum Gasteiger partial charge on any atom is 0.319 e. The lowest BCUT2D eigenvalue weighted by Crippen LogP contribution is -2.75. The summed E-state index contributed by atoms with van der Waals surface area (Å²) in [5, 5.41) is 21.3. The van der Waals surface area contributed by atoms with Crippen molar-refractivity contribution in [2.45, 2.75) is 30.7 Å². The van der Waals surface area contributed by atoms with Gasteiger partial charge in [-0.25, -0.2) is 0 Å². The molecule has 0 bridgehead atoms. The second kappa shape index (κ2) is 6.57. The zero-order valence-corrected chi connectivity index (χ0v) is 16.9. The number of thioether (sulfide) groups is 1. The van der Waals surface area contributed by atoms with Gasteiger partial charge in [-0.2, -0.15) is 0 Å². The smallest absolute Gasteiger partial charge is 0.319 e. The van der Waals surface area contributed by atoms with Crippen LogP contribution in [0.25, 0.3) is 0 Å². The van der Waals surface area contributed by atoms with Crippen molar-refractivity contribution in [2.75, 3.05) is 17.2 Å².